The van der Waals surface area contributed by atoms with Crippen molar-refractivity contribution >= 4 is 11.8 Å². The van der Waals surface area contributed by atoms with E-state index in [0.29, 0.717) is 0 Å². The van der Waals surface area contributed by atoms with Gasteiger partial charge in [0.2, 0.25) is 0 Å². The molecule has 1 fully saturated rings. The lowest BCUT2D eigenvalue weighted by Crippen LogP contribution is -2.42. The summed E-state index contributed by atoms with van der Waals surface area (Å²) < 4.78 is 0. The van der Waals surface area contributed by atoms with Gasteiger partial charge in [-0.2, -0.15) is 11.8 Å². The summed E-state index contributed by atoms with van der Waals surface area (Å²) in [5.74, 6) is 2.62. The molecule has 0 aromatic carbocycles. The molecule has 0 unspecified atom stereocenters. The molecule has 0 atom stereocenters. The zero-order valence-electron chi connectivity index (χ0n) is 11.0. The number of hydrogen-bond acceptors (Lipinski definition) is 4. The summed E-state index contributed by atoms with van der Waals surface area (Å²) in [5, 5.41) is 6.98. The Morgan fingerprint density at radius 3 is 2.38 bits per heavy atom. The van der Waals surface area contributed by atoms with Crippen LogP contribution in [-0.2, 0) is 0 Å². The number of thioether (sulfide) groups is 1. The molecule has 0 saturated carbocycles. The molecule has 0 aromatic rings. The van der Waals surface area contributed by atoms with Crippen molar-refractivity contribution in [2.45, 2.75) is 26.3 Å². The third kappa shape index (κ3) is 7.49. The second-order valence-electron chi connectivity index (χ2n) is 5.38. The maximum atomic E-state index is 3.49. The van der Waals surface area contributed by atoms with Crippen molar-refractivity contribution in [1.29, 1.82) is 0 Å². The van der Waals surface area contributed by atoms with Crippen LogP contribution in [0.2, 0.25) is 0 Å². The molecule has 0 amide bonds. The highest BCUT2D eigenvalue weighted by Gasteiger charge is 2.09. The van der Waals surface area contributed by atoms with E-state index in [2.05, 4.69) is 48.1 Å². The minimum absolute atomic E-state index is 0.242. The minimum atomic E-state index is 0.242. The van der Waals surface area contributed by atoms with E-state index in [4.69, 9.17) is 0 Å². The van der Waals surface area contributed by atoms with Gasteiger partial charge in [0.25, 0.3) is 0 Å². The van der Waals surface area contributed by atoms with Crippen molar-refractivity contribution < 1.29 is 0 Å². The quantitative estimate of drug-likeness (QED) is 0.683. The van der Waals surface area contributed by atoms with Crippen LogP contribution in [-0.4, -0.2) is 61.2 Å². The van der Waals surface area contributed by atoms with Crippen LogP contribution < -0.4 is 10.6 Å². The van der Waals surface area contributed by atoms with Crippen molar-refractivity contribution in [3.63, 3.8) is 0 Å². The van der Waals surface area contributed by atoms with E-state index in [0.717, 1.165) is 19.6 Å². The second-order valence-corrected chi connectivity index (χ2v) is 6.61. The average molecular weight is 245 g/mol. The lowest BCUT2D eigenvalue weighted by atomic mass is 10.1. The Bertz CT molecular complexity index is 174. The van der Waals surface area contributed by atoms with Gasteiger partial charge in [0.1, 0.15) is 0 Å². The summed E-state index contributed by atoms with van der Waals surface area (Å²) in [6.07, 6.45) is 0. The number of nitrogens with one attached hydrogen (secondary N) is 2. The zero-order chi connectivity index (χ0) is 11.9. The van der Waals surface area contributed by atoms with Crippen molar-refractivity contribution in [1.82, 2.24) is 15.5 Å². The van der Waals surface area contributed by atoms with E-state index in [1.54, 1.807) is 0 Å². The summed E-state index contributed by atoms with van der Waals surface area (Å²) >= 11 is 2.08. The van der Waals surface area contributed by atoms with Crippen molar-refractivity contribution in [2.75, 3.05) is 50.8 Å². The first-order valence-corrected chi connectivity index (χ1v) is 7.49. The van der Waals surface area contributed by atoms with E-state index in [-0.39, 0.29) is 5.54 Å². The van der Waals surface area contributed by atoms with Crippen LogP contribution in [0.1, 0.15) is 20.8 Å². The molecule has 1 aliphatic rings. The molecular formula is C12H27N3S. The molecule has 3 nitrogen and oxygen atoms in total. The first-order valence-electron chi connectivity index (χ1n) is 6.34. The van der Waals surface area contributed by atoms with Crippen molar-refractivity contribution in [3.05, 3.63) is 0 Å². The van der Waals surface area contributed by atoms with Crippen LogP contribution in [0.15, 0.2) is 0 Å². The van der Waals surface area contributed by atoms with Crippen LogP contribution in [0.3, 0.4) is 0 Å². The predicted octanol–water partition coefficient (Wildman–Crippen LogP) is 1.01. The topological polar surface area (TPSA) is 27.3 Å². The Morgan fingerprint density at radius 1 is 1.06 bits per heavy atom. The molecule has 1 heterocycles. The molecule has 0 spiro atoms. The minimum Gasteiger partial charge on any atom is -0.314 e. The van der Waals surface area contributed by atoms with E-state index < -0.39 is 0 Å². The molecule has 1 aliphatic heterocycles. The summed E-state index contributed by atoms with van der Waals surface area (Å²) in [4.78, 5) is 2.56. The van der Waals surface area contributed by atoms with Gasteiger partial charge in [-0.1, -0.05) is 0 Å². The molecule has 96 valence electrons. The van der Waals surface area contributed by atoms with Gasteiger partial charge in [-0.15, -0.1) is 0 Å². The molecule has 0 radical (unpaired) electrons. The number of nitrogens with zero attached hydrogens (tertiary/aromatic N) is 1. The summed E-state index contributed by atoms with van der Waals surface area (Å²) in [6, 6.07) is 0. The van der Waals surface area contributed by atoms with Gasteiger partial charge in [0.15, 0.2) is 0 Å². The lowest BCUT2D eigenvalue weighted by Gasteiger charge is -2.26. The maximum absolute atomic E-state index is 3.49. The fourth-order valence-electron chi connectivity index (χ4n) is 1.71. The molecule has 16 heavy (non-hydrogen) atoms. The SMILES string of the molecule is CC(C)(C)NCCNCCN1CCSCC1. The summed E-state index contributed by atoms with van der Waals surface area (Å²) in [6.45, 7) is 13.6. The highest BCUT2D eigenvalue weighted by molar-refractivity contribution is 7.99. The van der Waals surface area contributed by atoms with Gasteiger partial charge in [-0.25, -0.2) is 0 Å². The normalized spacial score (nSPS) is 18.9. The number of hydrogen-bond donors (Lipinski definition) is 2. The van der Waals surface area contributed by atoms with Gasteiger partial charge >= 0.3 is 0 Å². The molecule has 0 bridgehead atoms. The predicted molar refractivity (Wildman–Crippen MR) is 74.4 cm³/mol. The standard InChI is InChI=1S/C12H27N3S/c1-12(2,3)14-5-4-13-6-7-15-8-10-16-11-9-15/h13-14H,4-11H2,1-3H3. The van der Waals surface area contributed by atoms with Crippen LogP contribution in [0.25, 0.3) is 0 Å². The van der Waals surface area contributed by atoms with Crippen LogP contribution in [0.5, 0.6) is 0 Å². The Balaban J connectivity index is 1.87. The summed E-state index contributed by atoms with van der Waals surface area (Å²) in [5.41, 5.74) is 0.242. The highest BCUT2D eigenvalue weighted by Crippen LogP contribution is 2.07. The molecule has 0 aliphatic carbocycles. The van der Waals surface area contributed by atoms with Crippen molar-refractivity contribution in [3.8, 4) is 0 Å². The van der Waals surface area contributed by atoms with Gasteiger partial charge in [-0.3, -0.25) is 0 Å². The zero-order valence-corrected chi connectivity index (χ0v) is 11.8. The lowest BCUT2D eigenvalue weighted by molar-refractivity contribution is 0.300. The Labute approximate surface area is 105 Å². The Hall–Kier alpha value is 0.230. The molecular weight excluding hydrogens is 218 g/mol. The van der Waals surface area contributed by atoms with Gasteiger partial charge in [-0.05, 0) is 20.8 Å². The van der Waals surface area contributed by atoms with Crippen LogP contribution in [0, 0.1) is 0 Å². The largest absolute Gasteiger partial charge is 0.314 e. The van der Waals surface area contributed by atoms with Gasteiger partial charge in [0.05, 0.1) is 0 Å². The second kappa shape index (κ2) is 7.54. The number of rotatable bonds is 6. The van der Waals surface area contributed by atoms with Crippen molar-refractivity contribution in [2.24, 2.45) is 0 Å². The molecule has 2 N–H and O–H groups in total. The van der Waals surface area contributed by atoms with Gasteiger partial charge in [0, 0.05) is 56.3 Å². The summed E-state index contributed by atoms with van der Waals surface area (Å²) in [7, 11) is 0. The third-order valence-corrected chi connectivity index (χ3v) is 3.61. The monoisotopic (exact) mass is 245 g/mol. The van der Waals surface area contributed by atoms with E-state index in [1.165, 1.54) is 31.1 Å². The molecule has 1 saturated heterocycles. The van der Waals surface area contributed by atoms with Gasteiger partial charge < -0.3 is 15.5 Å². The fourth-order valence-corrected chi connectivity index (χ4v) is 2.69. The van der Waals surface area contributed by atoms with E-state index >= 15 is 0 Å². The average Bonchev–Trinajstić information content (AvgIpc) is 2.23. The third-order valence-electron chi connectivity index (χ3n) is 2.67. The van der Waals surface area contributed by atoms with Crippen LogP contribution >= 0.6 is 11.8 Å². The highest BCUT2D eigenvalue weighted by atomic mass is 32.2. The smallest absolute Gasteiger partial charge is 0.0108 e. The fraction of sp³-hybridized carbons (Fsp3) is 1.00. The molecule has 1 rings (SSSR count). The molecule has 0 aromatic heterocycles. The first-order chi connectivity index (χ1) is 7.58. The Kier molecular flexibility index (Phi) is 6.73. The molecule has 4 heteroatoms. The maximum Gasteiger partial charge on any atom is 0.0108 e. The van der Waals surface area contributed by atoms with E-state index in [1.807, 2.05) is 0 Å². The first kappa shape index (κ1) is 14.3. The Morgan fingerprint density at radius 2 is 1.75 bits per heavy atom. The van der Waals surface area contributed by atoms with Crippen LogP contribution in [0.4, 0.5) is 0 Å². The van der Waals surface area contributed by atoms with E-state index in [9.17, 15) is 0 Å².